The van der Waals surface area contributed by atoms with Gasteiger partial charge in [-0.1, -0.05) is 60.7 Å². The molecule has 3 nitrogen and oxygen atoms in total. The van der Waals surface area contributed by atoms with Gasteiger partial charge in [0, 0.05) is 27.2 Å². The summed E-state index contributed by atoms with van der Waals surface area (Å²) in [4.78, 5) is 14.6. The molecule has 35 heavy (non-hydrogen) atoms. The molecule has 2 aliphatic rings. The normalized spacial score (nSPS) is 17.7. The predicted molar refractivity (Wildman–Crippen MR) is 144 cm³/mol. The molecule has 1 saturated carbocycles. The predicted octanol–water partition coefficient (Wildman–Crippen LogP) is 7.16. The maximum atomic E-state index is 13.2. The summed E-state index contributed by atoms with van der Waals surface area (Å²) in [6, 6.07) is 27.4. The Labute approximate surface area is 209 Å². The highest BCUT2D eigenvalue weighted by Crippen LogP contribution is 2.45. The van der Waals surface area contributed by atoms with E-state index >= 15 is 0 Å². The molecule has 1 heterocycles. The summed E-state index contributed by atoms with van der Waals surface area (Å²) in [5, 5.41) is 4.69. The minimum Gasteiger partial charge on any atom is -0.481 e. The monoisotopic (exact) mass is 483 g/mol. The fourth-order valence-corrected chi connectivity index (χ4v) is 8.37. The van der Waals surface area contributed by atoms with E-state index in [0.717, 1.165) is 42.4 Å². The molecule has 4 heteroatoms. The van der Waals surface area contributed by atoms with E-state index in [1.54, 1.807) is 0 Å². The summed E-state index contributed by atoms with van der Waals surface area (Å²) in [7, 11) is 0.325. The minimum absolute atomic E-state index is 0.0818. The average molecular weight is 484 g/mol. The zero-order valence-corrected chi connectivity index (χ0v) is 20.8. The van der Waals surface area contributed by atoms with Crippen LogP contribution in [0.1, 0.15) is 44.1 Å². The molecule has 0 unspecified atom stereocenters. The topological polar surface area (TPSA) is 35.5 Å². The number of benzene rings is 4. The number of esters is 1. The van der Waals surface area contributed by atoms with Gasteiger partial charge in [-0.2, -0.15) is 0 Å². The van der Waals surface area contributed by atoms with Gasteiger partial charge in [-0.25, -0.2) is 4.79 Å². The second kappa shape index (κ2) is 9.58. The summed E-state index contributed by atoms with van der Waals surface area (Å²) in [6.07, 6.45) is 6.47. The summed E-state index contributed by atoms with van der Waals surface area (Å²) < 4.78 is 12.4. The van der Waals surface area contributed by atoms with Crippen molar-refractivity contribution >= 4 is 38.4 Å². The van der Waals surface area contributed by atoms with Gasteiger partial charge in [0.15, 0.2) is 11.5 Å². The van der Waals surface area contributed by atoms with E-state index in [0.29, 0.717) is 10.9 Å². The molecule has 6 rings (SSSR count). The first-order chi connectivity index (χ1) is 17.2. The summed E-state index contributed by atoms with van der Waals surface area (Å²) >= 11 is 0. The molecule has 1 aliphatic heterocycles. The molecule has 178 valence electrons. The van der Waals surface area contributed by atoms with Crippen LogP contribution in [-0.2, 0) is 26.0 Å². The lowest BCUT2D eigenvalue weighted by Gasteiger charge is -2.31. The van der Waals surface area contributed by atoms with Gasteiger partial charge >= 0.3 is 5.97 Å². The number of ether oxygens (including phenoxy) is 2. The van der Waals surface area contributed by atoms with E-state index in [4.69, 9.17) is 9.47 Å². The highest BCUT2D eigenvalue weighted by molar-refractivity contribution is 7.97. The fraction of sp³-hybridized carbons (Fsp3) is 0.323. The molecule has 1 aliphatic carbocycles. The van der Waals surface area contributed by atoms with Crippen LogP contribution >= 0.6 is 0 Å². The molecule has 0 N–H and O–H groups in total. The van der Waals surface area contributed by atoms with Crippen molar-refractivity contribution in [2.75, 3.05) is 18.1 Å². The maximum absolute atomic E-state index is 13.2. The van der Waals surface area contributed by atoms with Crippen LogP contribution in [-0.4, -0.2) is 24.1 Å². The quantitative estimate of drug-likeness (QED) is 0.216. The van der Waals surface area contributed by atoms with Crippen LogP contribution in [0.15, 0.2) is 83.8 Å². The van der Waals surface area contributed by atoms with Crippen LogP contribution in [0.5, 0.6) is 5.75 Å². The van der Waals surface area contributed by atoms with Crippen LogP contribution in [0.3, 0.4) is 0 Å². The molecule has 0 spiro atoms. The standard InChI is InChI=1S/C31H31O3S/c32-30(34-31(18-5-6-19-31)27-15-9-11-23-10-1-2-12-24(23)27)22-33-28-16-17-29(35-20-7-8-21-35)26-14-4-3-13-25(26)28/h1-4,9-17H,5-8,18-22H2/q+1. The number of carbonyl (C=O) groups excluding carboxylic acids is 1. The first-order valence-corrected chi connectivity index (χ1v) is 14.3. The van der Waals surface area contributed by atoms with E-state index in [1.165, 1.54) is 45.4 Å². The van der Waals surface area contributed by atoms with E-state index < -0.39 is 5.60 Å². The summed E-state index contributed by atoms with van der Waals surface area (Å²) in [6.45, 7) is -0.0818. The van der Waals surface area contributed by atoms with Gasteiger partial charge < -0.3 is 9.47 Å². The number of hydrogen-bond donors (Lipinski definition) is 0. The van der Waals surface area contributed by atoms with Crippen LogP contribution in [0.25, 0.3) is 21.5 Å². The maximum Gasteiger partial charge on any atom is 0.345 e. The highest BCUT2D eigenvalue weighted by atomic mass is 32.2. The zero-order chi connectivity index (χ0) is 23.7. The van der Waals surface area contributed by atoms with E-state index in [1.807, 2.05) is 12.1 Å². The van der Waals surface area contributed by atoms with Crippen molar-refractivity contribution in [3.63, 3.8) is 0 Å². The zero-order valence-electron chi connectivity index (χ0n) is 20.0. The SMILES string of the molecule is O=C(COc1ccc([S+]2CCCC2)c2ccccc12)OC1(c2cccc3ccccc23)CCCC1. The van der Waals surface area contributed by atoms with Crippen molar-refractivity contribution in [1.29, 1.82) is 0 Å². The van der Waals surface area contributed by atoms with Gasteiger partial charge in [-0.3, -0.25) is 0 Å². The van der Waals surface area contributed by atoms with Gasteiger partial charge in [0.25, 0.3) is 0 Å². The third-order valence-electron chi connectivity index (χ3n) is 7.53. The largest absolute Gasteiger partial charge is 0.481 e. The number of carbonyl (C=O) groups is 1. The summed E-state index contributed by atoms with van der Waals surface area (Å²) in [5.41, 5.74) is 0.547. The van der Waals surface area contributed by atoms with Gasteiger partial charge in [0.05, 0.1) is 0 Å². The Bertz CT molecular complexity index is 1360. The number of rotatable bonds is 6. The van der Waals surface area contributed by atoms with Gasteiger partial charge in [-0.05, 0) is 67.5 Å². The molecular formula is C31H31O3S+. The van der Waals surface area contributed by atoms with E-state index in [-0.39, 0.29) is 12.6 Å². The van der Waals surface area contributed by atoms with Crippen molar-refractivity contribution in [3.05, 3.63) is 84.4 Å². The van der Waals surface area contributed by atoms with E-state index in [9.17, 15) is 4.79 Å². The lowest BCUT2D eigenvalue weighted by atomic mass is 9.87. The second-order valence-corrected chi connectivity index (χ2v) is 11.9. The van der Waals surface area contributed by atoms with Crippen molar-refractivity contribution in [1.82, 2.24) is 0 Å². The van der Waals surface area contributed by atoms with Gasteiger partial charge in [-0.15, -0.1) is 0 Å². The Kier molecular flexibility index (Phi) is 6.15. The number of fused-ring (bicyclic) bond motifs is 2. The van der Waals surface area contributed by atoms with Crippen molar-refractivity contribution in [2.45, 2.75) is 49.0 Å². The molecule has 0 atom stereocenters. The third kappa shape index (κ3) is 4.29. The Morgan fingerprint density at radius 2 is 1.43 bits per heavy atom. The van der Waals surface area contributed by atoms with Crippen LogP contribution in [0.2, 0.25) is 0 Å². The molecule has 2 fully saturated rings. The van der Waals surface area contributed by atoms with Crippen molar-refractivity contribution < 1.29 is 14.3 Å². The fourth-order valence-electron chi connectivity index (χ4n) is 5.88. The Morgan fingerprint density at radius 3 is 2.23 bits per heavy atom. The van der Waals surface area contributed by atoms with Crippen LogP contribution < -0.4 is 4.74 Å². The first kappa shape index (κ1) is 22.5. The minimum atomic E-state index is -0.573. The molecule has 0 aromatic heterocycles. The summed E-state index contributed by atoms with van der Waals surface area (Å²) in [5.74, 6) is 3.03. The molecule has 1 saturated heterocycles. The molecule has 0 bridgehead atoms. The highest BCUT2D eigenvalue weighted by Gasteiger charge is 2.40. The molecular weight excluding hydrogens is 452 g/mol. The molecule has 4 aromatic carbocycles. The van der Waals surface area contributed by atoms with E-state index in [2.05, 4.69) is 66.7 Å². The van der Waals surface area contributed by atoms with Crippen LogP contribution in [0.4, 0.5) is 0 Å². The molecule has 0 radical (unpaired) electrons. The second-order valence-electron chi connectivity index (χ2n) is 9.71. The lowest BCUT2D eigenvalue weighted by Crippen LogP contribution is -2.32. The van der Waals surface area contributed by atoms with Crippen molar-refractivity contribution in [3.8, 4) is 5.75 Å². The Balaban J connectivity index is 1.24. The Morgan fingerprint density at radius 1 is 0.743 bits per heavy atom. The lowest BCUT2D eigenvalue weighted by molar-refractivity contribution is -0.162. The Hall–Kier alpha value is -2.98. The van der Waals surface area contributed by atoms with Crippen molar-refractivity contribution in [2.24, 2.45) is 0 Å². The van der Waals surface area contributed by atoms with Crippen LogP contribution in [0, 0.1) is 0 Å². The smallest absolute Gasteiger partial charge is 0.345 e. The van der Waals surface area contributed by atoms with Gasteiger partial charge in [0.1, 0.15) is 22.9 Å². The average Bonchev–Trinajstić information content (AvgIpc) is 3.60. The molecule has 0 amide bonds. The van der Waals surface area contributed by atoms with Gasteiger partial charge in [0.2, 0.25) is 0 Å². The number of hydrogen-bond acceptors (Lipinski definition) is 3. The first-order valence-electron chi connectivity index (χ1n) is 12.8. The molecule has 4 aromatic rings. The third-order valence-corrected chi connectivity index (χ3v) is 10.1.